The van der Waals surface area contributed by atoms with Crippen molar-refractivity contribution in [1.82, 2.24) is 9.97 Å². The highest BCUT2D eigenvalue weighted by Gasteiger charge is 2.27. The third-order valence-electron chi connectivity index (χ3n) is 2.86. The van der Waals surface area contributed by atoms with E-state index >= 15 is 0 Å². The van der Waals surface area contributed by atoms with Crippen LogP contribution < -0.4 is 16.6 Å². The maximum atomic E-state index is 5.46. The molecule has 0 saturated heterocycles. The van der Waals surface area contributed by atoms with Crippen LogP contribution in [0.3, 0.4) is 0 Å². The Morgan fingerprint density at radius 1 is 1.44 bits per heavy atom. The Bertz CT molecular complexity index is 394. The van der Waals surface area contributed by atoms with Crippen LogP contribution in [0.25, 0.3) is 0 Å². The Balaban J connectivity index is 2.00. The van der Waals surface area contributed by atoms with Gasteiger partial charge in [0.15, 0.2) is 0 Å². The Morgan fingerprint density at radius 3 is 2.78 bits per heavy atom. The van der Waals surface area contributed by atoms with Crippen molar-refractivity contribution in [3.63, 3.8) is 0 Å². The van der Waals surface area contributed by atoms with E-state index in [-0.39, 0.29) is 6.10 Å². The monoisotopic (exact) mass is 251 g/mol. The Labute approximate surface area is 107 Å². The fourth-order valence-corrected chi connectivity index (χ4v) is 1.75. The van der Waals surface area contributed by atoms with E-state index in [1.807, 2.05) is 19.9 Å². The van der Waals surface area contributed by atoms with Crippen molar-refractivity contribution in [1.29, 1.82) is 0 Å². The molecule has 1 aliphatic rings. The van der Waals surface area contributed by atoms with E-state index in [2.05, 4.69) is 20.7 Å². The molecule has 2 rings (SSSR count). The summed E-state index contributed by atoms with van der Waals surface area (Å²) in [5, 5.41) is 3.26. The summed E-state index contributed by atoms with van der Waals surface area (Å²) in [4.78, 5) is 8.86. The van der Waals surface area contributed by atoms with E-state index < -0.39 is 0 Å². The first-order chi connectivity index (χ1) is 8.72. The lowest BCUT2D eigenvalue weighted by molar-refractivity contribution is 0.0855. The molecule has 1 aromatic rings. The molecule has 0 spiro atoms. The van der Waals surface area contributed by atoms with Gasteiger partial charge < -0.3 is 15.5 Å². The highest BCUT2D eigenvalue weighted by Crippen LogP contribution is 2.38. The summed E-state index contributed by atoms with van der Waals surface area (Å²) in [6.45, 7) is 5.46. The number of aromatic nitrogens is 2. The van der Waals surface area contributed by atoms with Crippen LogP contribution in [0.2, 0.25) is 0 Å². The van der Waals surface area contributed by atoms with E-state index in [0.717, 1.165) is 24.8 Å². The molecular formula is C12H21N5O. The molecule has 1 fully saturated rings. The molecule has 1 atom stereocenters. The number of ether oxygens (including phenoxy) is 1. The number of hydrogen-bond donors (Lipinski definition) is 3. The van der Waals surface area contributed by atoms with Crippen LogP contribution >= 0.6 is 0 Å². The molecule has 18 heavy (non-hydrogen) atoms. The fourth-order valence-electron chi connectivity index (χ4n) is 1.75. The molecule has 0 bridgehead atoms. The van der Waals surface area contributed by atoms with E-state index in [1.54, 1.807) is 0 Å². The number of nitrogens with zero attached hydrogens (tertiary/aromatic N) is 2. The zero-order chi connectivity index (χ0) is 13.0. The first-order valence-electron chi connectivity index (χ1n) is 6.44. The molecule has 0 aliphatic heterocycles. The highest BCUT2D eigenvalue weighted by molar-refractivity contribution is 5.47. The summed E-state index contributed by atoms with van der Waals surface area (Å²) in [7, 11) is 0. The van der Waals surface area contributed by atoms with E-state index in [1.165, 1.54) is 12.8 Å². The van der Waals surface area contributed by atoms with Crippen molar-refractivity contribution in [2.24, 2.45) is 5.84 Å². The summed E-state index contributed by atoms with van der Waals surface area (Å²) < 4.78 is 5.46. The molecule has 0 amide bonds. The van der Waals surface area contributed by atoms with Gasteiger partial charge in [-0.25, -0.2) is 15.8 Å². The quantitative estimate of drug-likeness (QED) is 0.503. The average molecular weight is 251 g/mol. The predicted octanol–water partition coefficient (Wildman–Crippen LogP) is 1.48. The van der Waals surface area contributed by atoms with Gasteiger partial charge in [-0.3, -0.25) is 0 Å². The SMILES string of the molecule is CCOC(C)CNc1cc(NN)nc(C2CC2)n1. The predicted molar refractivity (Wildman–Crippen MR) is 71.4 cm³/mol. The van der Waals surface area contributed by atoms with Crippen LogP contribution in [0.1, 0.15) is 38.4 Å². The second-order valence-electron chi connectivity index (χ2n) is 4.56. The standard InChI is InChI=1S/C12H21N5O/c1-3-18-8(2)7-14-10-6-11(17-13)16-12(15-10)9-4-5-9/h6,8-9H,3-5,7,13H2,1-2H3,(H2,14,15,16,17). The molecule has 1 aromatic heterocycles. The Hall–Kier alpha value is -1.40. The van der Waals surface area contributed by atoms with Gasteiger partial charge in [-0.05, 0) is 26.7 Å². The van der Waals surface area contributed by atoms with Gasteiger partial charge in [-0.2, -0.15) is 0 Å². The van der Waals surface area contributed by atoms with Gasteiger partial charge in [-0.15, -0.1) is 0 Å². The molecule has 6 nitrogen and oxygen atoms in total. The summed E-state index contributed by atoms with van der Waals surface area (Å²) in [6.07, 6.45) is 2.50. The smallest absolute Gasteiger partial charge is 0.145 e. The van der Waals surface area contributed by atoms with Crippen molar-refractivity contribution in [2.45, 2.75) is 38.7 Å². The number of nitrogens with one attached hydrogen (secondary N) is 2. The topological polar surface area (TPSA) is 85.1 Å². The van der Waals surface area contributed by atoms with Gasteiger partial charge in [0.1, 0.15) is 17.5 Å². The van der Waals surface area contributed by atoms with E-state index in [4.69, 9.17) is 10.6 Å². The Kier molecular flexibility index (Phi) is 4.33. The molecule has 1 unspecified atom stereocenters. The number of rotatable bonds is 7. The van der Waals surface area contributed by atoms with Crippen LogP contribution in [0.15, 0.2) is 6.07 Å². The molecule has 0 aromatic carbocycles. The zero-order valence-electron chi connectivity index (χ0n) is 10.9. The fraction of sp³-hybridized carbons (Fsp3) is 0.667. The number of hydrogen-bond acceptors (Lipinski definition) is 6. The summed E-state index contributed by atoms with van der Waals surface area (Å²) in [5.41, 5.74) is 2.58. The zero-order valence-corrected chi connectivity index (χ0v) is 10.9. The average Bonchev–Trinajstić information content (AvgIpc) is 3.20. The van der Waals surface area contributed by atoms with Crippen molar-refractivity contribution in [3.05, 3.63) is 11.9 Å². The van der Waals surface area contributed by atoms with Crippen LogP contribution in [0, 0.1) is 0 Å². The largest absolute Gasteiger partial charge is 0.377 e. The summed E-state index contributed by atoms with van der Waals surface area (Å²) in [5.74, 6) is 8.24. The molecule has 1 aliphatic carbocycles. The number of anilines is 2. The molecule has 6 heteroatoms. The lowest BCUT2D eigenvalue weighted by atomic mass is 10.3. The molecule has 100 valence electrons. The lowest BCUT2D eigenvalue weighted by Crippen LogP contribution is -2.21. The summed E-state index contributed by atoms with van der Waals surface area (Å²) >= 11 is 0. The Morgan fingerprint density at radius 2 is 2.17 bits per heavy atom. The minimum atomic E-state index is 0.156. The second-order valence-corrected chi connectivity index (χ2v) is 4.56. The van der Waals surface area contributed by atoms with Gasteiger partial charge in [0.25, 0.3) is 0 Å². The summed E-state index contributed by atoms with van der Waals surface area (Å²) in [6, 6.07) is 1.81. The van der Waals surface area contributed by atoms with Crippen LogP contribution in [-0.2, 0) is 4.74 Å². The van der Waals surface area contributed by atoms with Gasteiger partial charge in [0.05, 0.1) is 6.10 Å². The molecule has 4 N–H and O–H groups in total. The van der Waals surface area contributed by atoms with E-state index in [9.17, 15) is 0 Å². The highest BCUT2D eigenvalue weighted by atomic mass is 16.5. The van der Waals surface area contributed by atoms with Gasteiger partial charge >= 0.3 is 0 Å². The lowest BCUT2D eigenvalue weighted by Gasteiger charge is -2.14. The minimum absolute atomic E-state index is 0.156. The van der Waals surface area contributed by atoms with Crippen molar-refractivity contribution in [3.8, 4) is 0 Å². The number of nitrogens with two attached hydrogens (primary N) is 1. The maximum absolute atomic E-state index is 5.46. The van der Waals surface area contributed by atoms with Gasteiger partial charge in [0.2, 0.25) is 0 Å². The van der Waals surface area contributed by atoms with Crippen LogP contribution in [0.5, 0.6) is 0 Å². The van der Waals surface area contributed by atoms with Crippen molar-refractivity contribution >= 4 is 11.6 Å². The molecule has 0 radical (unpaired) electrons. The maximum Gasteiger partial charge on any atom is 0.145 e. The van der Waals surface area contributed by atoms with Crippen LogP contribution in [0.4, 0.5) is 11.6 Å². The minimum Gasteiger partial charge on any atom is -0.377 e. The molecular weight excluding hydrogens is 230 g/mol. The van der Waals surface area contributed by atoms with Gasteiger partial charge in [0, 0.05) is 25.1 Å². The normalized spacial score (nSPS) is 16.4. The van der Waals surface area contributed by atoms with Crippen LogP contribution in [-0.4, -0.2) is 29.2 Å². The number of hydrazine groups is 1. The third kappa shape index (κ3) is 3.54. The van der Waals surface area contributed by atoms with E-state index in [0.29, 0.717) is 11.7 Å². The molecule has 1 saturated carbocycles. The molecule has 1 heterocycles. The first-order valence-corrected chi connectivity index (χ1v) is 6.44. The first kappa shape index (κ1) is 13.0. The third-order valence-corrected chi connectivity index (χ3v) is 2.86. The van der Waals surface area contributed by atoms with Crippen molar-refractivity contribution < 1.29 is 4.74 Å². The number of nitrogen functional groups attached to an aromatic ring is 1. The van der Waals surface area contributed by atoms with Gasteiger partial charge in [-0.1, -0.05) is 0 Å². The second kappa shape index (κ2) is 5.97. The van der Waals surface area contributed by atoms with Crippen molar-refractivity contribution in [2.75, 3.05) is 23.9 Å².